The third-order valence-corrected chi connectivity index (χ3v) is 7.98. The van der Waals surface area contributed by atoms with Crippen molar-refractivity contribution >= 4 is 27.5 Å². The average Bonchev–Trinajstić information content (AvgIpc) is 3.03. The molecule has 0 saturated carbocycles. The van der Waals surface area contributed by atoms with E-state index in [0.29, 0.717) is 5.75 Å². The first kappa shape index (κ1) is 31.0. The van der Waals surface area contributed by atoms with Crippen LogP contribution in [-0.2, 0) is 32.7 Å². The van der Waals surface area contributed by atoms with Gasteiger partial charge >= 0.3 is 0 Å². The van der Waals surface area contributed by atoms with Crippen molar-refractivity contribution in [3.05, 3.63) is 120 Å². The summed E-state index contributed by atoms with van der Waals surface area (Å²) in [5.41, 5.74) is 1.94. The molecule has 0 aromatic heterocycles. The molecule has 0 spiro atoms. The van der Waals surface area contributed by atoms with Gasteiger partial charge in [-0.3, -0.25) is 14.3 Å². The van der Waals surface area contributed by atoms with Crippen LogP contribution in [0.5, 0.6) is 11.5 Å². The Morgan fingerprint density at radius 2 is 1.47 bits per heavy atom. The number of ether oxygens (including phenoxy) is 2. The Kier molecular flexibility index (Phi) is 10.3. The lowest BCUT2D eigenvalue weighted by molar-refractivity contribution is -0.142. The fourth-order valence-corrected chi connectivity index (χ4v) is 5.18. The second-order valence-electron chi connectivity index (χ2n) is 9.62. The van der Waals surface area contributed by atoms with Crippen molar-refractivity contribution < 1.29 is 31.9 Å². The van der Waals surface area contributed by atoms with Gasteiger partial charge in [0.2, 0.25) is 5.91 Å². The largest absolute Gasteiger partial charge is 0.497 e. The highest BCUT2D eigenvalue weighted by Crippen LogP contribution is 2.20. The summed E-state index contributed by atoms with van der Waals surface area (Å²) in [7, 11) is -2.35. The summed E-state index contributed by atoms with van der Waals surface area (Å²) in [5.74, 6) is -0.259. The fraction of sp³-hybridized carbons (Fsp3) is 0.188. The molecule has 4 aromatic carbocycles. The number of carbonyl (C=O) groups excluding carboxylic acids is 2. The summed E-state index contributed by atoms with van der Waals surface area (Å²) < 4.78 is 51.7. The molecule has 224 valence electrons. The normalized spacial score (nSPS) is 11.7. The summed E-state index contributed by atoms with van der Waals surface area (Å²) in [6.07, 6.45) is 0. The summed E-state index contributed by atoms with van der Waals surface area (Å²) in [5, 5.41) is 2.88. The molecule has 2 N–H and O–H groups in total. The molecule has 0 aliphatic carbocycles. The standard InChI is InChI=1S/C32H32FN3O6S/c1-23(32(38)34-20-24-8-14-28(41-2)15-9-24)36(21-25-6-4-3-5-7-25)31(37)22-42-29-16-18-30(19-17-29)43(39,40)35-27-12-10-26(33)11-13-27/h3-19,23,35H,20-22H2,1-2H3,(H,34,38)/t23-/m1/s1. The minimum atomic E-state index is -3.93. The van der Waals surface area contributed by atoms with Gasteiger partial charge in [-0.2, -0.15) is 0 Å². The number of sulfonamides is 1. The van der Waals surface area contributed by atoms with E-state index in [-0.39, 0.29) is 41.9 Å². The summed E-state index contributed by atoms with van der Waals surface area (Å²) in [4.78, 5) is 27.8. The van der Waals surface area contributed by atoms with Crippen molar-refractivity contribution in [2.75, 3.05) is 18.4 Å². The lowest BCUT2D eigenvalue weighted by Gasteiger charge is -2.28. The van der Waals surface area contributed by atoms with Gasteiger partial charge in [0.25, 0.3) is 15.9 Å². The second-order valence-corrected chi connectivity index (χ2v) is 11.3. The fourth-order valence-electron chi connectivity index (χ4n) is 4.12. The van der Waals surface area contributed by atoms with Gasteiger partial charge < -0.3 is 19.7 Å². The van der Waals surface area contributed by atoms with Crippen LogP contribution in [-0.4, -0.2) is 44.9 Å². The van der Waals surface area contributed by atoms with E-state index in [4.69, 9.17) is 9.47 Å². The molecule has 1 atom stereocenters. The Labute approximate surface area is 250 Å². The zero-order valence-electron chi connectivity index (χ0n) is 23.7. The van der Waals surface area contributed by atoms with E-state index >= 15 is 0 Å². The summed E-state index contributed by atoms with van der Waals surface area (Å²) in [6.45, 7) is 1.75. The predicted octanol–water partition coefficient (Wildman–Crippen LogP) is 4.75. The minimum Gasteiger partial charge on any atom is -0.497 e. The maximum Gasteiger partial charge on any atom is 0.261 e. The maximum absolute atomic E-state index is 13.3. The number of anilines is 1. The number of halogens is 1. The highest BCUT2D eigenvalue weighted by Gasteiger charge is 2.26. The number of carbonyl (C=O) groups is 2. The lowest BCUT2D eigenvalue weighted by Crippen LogP contribution is -2.48. The SMILES string of the molecule is COc1ccc(CNC(=O)[C@@H](C)N(Cc2ccccc2)C(=O)COc2ccc(S(=O)(=O)Nc3ccc(F)cc3)cc2)cc1. The molecule has 2 amide bonds. The molecule has 4 rings (SSSR count). The Bertz CT molecular complexity index is 1610. The van der Waals surface area contributed by atoms with Crippen molar-refractivity contribution in [1.82, 2.24) is 10.2 Å². The lowest BCUT2D eigenvalue weighted by atomic mass is 10.1. The molecule has 0 fully saturated rings. The van der Waals surface area contributed by atoms with Crippen LogP contribution in [0.25, 0.3) is 0 Å². The number of hydrogen-bond donors (Lipinski definition) is 2. The van der Waals surface area contributed by atoms with Crippen LogP contribution in [0, 0.1) is 5.82 Å². The van der Waals surface area contributed by atoms with E-state index in [0.717, 1.165) is 23.3 Å². The topological polar surface area (TPSA) is 114 Å². The van der Waals surface area contributed by atoms with E-state index < -0.39 is 27.8 Å². The van der Waals surface area contributed by atoms with E-state index in [2.05, 4.69) is 10.0 Å². The van der Waals surface area contributed by atoms with Gasteiger partial charge in [-0.25, -0.2) is 12.8 Å². The van der Waals surface area contributed by atoms with Crippen LogP contribution in [0.2, 0.25) is 0 Å². The van der Waals surface area contributed by atoms with Crippen LogP contribution < -0.4 is 19.5 Å². The molecule has 0 aliphatic heterocycles. The maximum atomic E-state index is 13.3. The summed E-state index contributed by atoms with van der Waals surface area (Å²) >= 11 is 0. The zero-order chi connectivity index (χ0) is 30.8. The van der Waals surface area contributed by atoms with Gasteiger partial charge in [0.1, 0.15) is 23.4 Å². The Morgan fingerprint density at radius 1 is 0.837 bits per heavy atom. The molecule has 0 radical (unpaired) electrons. The van der Waals surface area contributed by atoms with Crippen molar-refractivity contribution in [2.45, 2.75) is 31.0 Å². The molecule has 0 bridgehead atoms. The van der Waals surface area contributed by atoms with Crippen LogP contribution in [0.15, 0.2) is 108 Å². The first-order valence-electron chi connectivity index (χ1n) is 13.4. The number of hydrogen-bond acceptors (Lipinski definition) is 6. The van der Waals surface area contributed by atoms with E-state index in [1.807, 2.05) is 42.5 Å². The molecular formula is C32H32FN3O6S. The number of nitrogens with one attached hydrogen (secondary N) is 2. The highest BCUT2D eigenvalue weighted by molar-refractivity contribution is 7.92. The number of benzene rings is 4. The number of rotatable bonds is 13. The molecule has 0 unspecified atom stereocenters. The first-order chi connectivity index (χ1) is 20.6. The van der Waals surface area contributed by atoms with Gasteiger partial charge in [-0.1, -0.05) is 42.5 Å². The quantitative estimate of drug-likeness (QED) is 0.228. The van der Waals surface area contributed by atoms with Gasteiger partial charge in [0, 0.05) is 18.8 Å². The van der Waals surface area contributed by atoms with E-state index in [1.54, 1.807) is 26.2 Å². The van der Waals surface area contributed by atoms with Crippen molar-refractivity contribution in [1.29, 1.82) is 0 Å². The average molecular weight is 606 g/mol. The Hall–Kier alpha value is -4.90. The number of nitrogens with zero attached hydrogens (tertiary/aromatic N) is 1. The minimum absolute atomic E-state index is 0.0386. The van der Waals surface area contributed by atoms with Crippen LogP contribution in [0.1, 0.15) is 18.1 Å². The van der Waals surface area contributed by atoms with Gasteiger partial charge in [0.05, 0.1) is 12.0 Å². The van der Waals surface area contributed by atoms with Crippen molar-refractivity contribution in [2.24, 2.45) is 0 Å². The number of methoxy groups -OCH3 is 1. The van der Waals surface area contributed by atoms with Gasteiger partial charge in [0.15, 0.2) is 6.61 Å². The van der Waals surface area contributed by atoms with Crippen molar-refractivity contribution in [3.8, 4) is 11.5 Å². The molecule has 11 heteroatoms. The third-order valence-electron chi connectivity index (χ3n) is 6.58. The highest BCUT2D eigenvalue weighted by atomic mass is 32.2. The van der Waals surface area contributed by atoms with E-state index in [9.17, 15) is 22.4 Å². The number of amides is 2. The second kappa shape index (κ2) is 14.3. The molecule has 0 saturated heterocycles. The van der Waals surface area contributed by atoms with Crippen LogP contribution in [0.4, 0.5) is 10.1 Å². The van der Waals surface area contributed by atoms with Crippen LogP contribution >= 0.6 is 0 Å². The van der Waals surface area contributed by atoms with E-state index in [1.165, 1.54) is 41.3 Å². The Balaban J connectivity index is 1.39. The Morgan fingerprint density at radius 3 is 2.09 bits per heavy atom. The smallest absolute Gasteiger partial charge is 0.261 e. The molecule has 4 aromatic rings. The predicted molar refractivity (Wildman–Crippen MR) is 160 cm³/mol. The van der Waals surface area contributed by atoms with Crippen molar-refractivity contribution in [3.63, 3.8) is 0 Å². The van der Waals surface area contributed by atoms with Gasteiger partial charge in [-0.15, -0.1) is 0 Å². The molecule has 0 aliphatic rings. The third kappa shape index (κ3) is 8.79. The molecule has 43 heavy (non-hydrogen) atoms. The zero-order valence-corrected chi connectivity index (χ0v) is 24.5. The first-order valence-corrected chi connectivity index (χ1v) is 14.9. The molecular weight excluding hydrogens is 573 g/mol. The summed E-state index contributed by atoms with van der Waals surface area (Å²) in [6, 6.07) is 26.3. The monoisotopic (exact) mass is 605 g/mol. The molecule has 0 heterocycles. The van der Waals surface area contributed by atoms with Gasteiger partial charge in [-0.05, 0) is 78.7 Å². The molecule has 9 nitrogen and oxygen atoms in total. The van der Waals surface area contributed by atoms with Crippen LogP contribution in [0.3, 0.4) is 0 Å².